The minimum absolute atomic E-state index is 0.0158. The zero-order chi connectivity index (χ0) is 21.2. The van der Waals surface area contributed by atoms with Crippen LogP contribution >= 0.6 is 0 Å². The molecular weight excluding hydrogens is 388 g/mol. The fourth-order valence-corrected chi connectivity index (χ4v) is 4.61. The van der Waals surface area contributed by atoms with Crippen LogP contribution in [0.5, 0.6) is 5.75 Å². The average molecular weight is 417 g/mol. The first kappa shape index (κ1) is 19.8. The minimum atomic E-state index is 0.0158. The van der Waals surface area contributed by atoms with Crippen LogP contribution in [0.1, 0.15) is 29.8 Å². The van der Waals surface area contributed by atoms with Crippen LogP contribution in [0.15, 0.2) is 54.9 Å². The maximum atomic E-state index is 12.9. The Morgan fingerprint density at radius 3 is 2.90 bits per heavy atom. The van der Waals surface area contributed by atoms with E-state index in [2.05, 4.69) is 33.4 Å². The second-order valence-electron chi connectivity index (χ2n) is 8.50. The molecule has 2 aliphatic rings. The van der Waals surface area contributed by atoms with Crippen LogP contribution in [0.3, 0.4) is 0 Å². The fourth-order valence-electron chi connectivity index (χ4n) is 4.61. The van der Waals surface area contributed by atoms with Gasteiger partial charge in [-0.1, -0.05) is 12.1 Å². The normalized spacial score (nSPS) is 18.4. The number of carbonyl (C=O) groups excluding carboxylic acids is 1. The number of anilines is 1. The predicted octanol–water partition coefficient (Wildman–Crippen LogP) is 3.97. The summed E-state index contributed by atoms with van der Waals surface area (Å²) in [6.45, 7) is 5.48. The molecule has 1 fully saturated rings. The summed E-state index contributed by atoms with van der Waals surface area (Å²) in [5, 5.41) is 3.11. The number of hydrogen-bond acceptors (Lipinski definition) is 4. The Bertz CT molecular complexity index is 1070. The van der Waals surface area contributed by atoms with Crippen molar-refractivity contribution in [2.24, 2.45) is 5.92 Å². The molecule has 6 nitrogen and oxygen atoms in total. The number of aryl methyl sites for hydroxylation is 1. The van der Waals surface area contributed by atoms with E-state index in [0.717, 1.165) is 68.5 Å². The maximum Gasteiger partial charge on any atom is 0.228 e. The number of benzene rings is 2. The summed E-state index contributed by atoms with van der Waals surface area (Å²) in [7, 11) is 0. The Labute approximate surface area is 182 Å². The molecule has 0 aliphatic carbocycles. The van der Waals surface area contributed by atoms with Crippen LogP contribution in [0, 0.1) is 12.8 Å². The van der Waals surface area contributed by atoms with Gasteiger partial charge >= 0.3 is 0 Å². The molecule has 1 atom stereocenters. The van der Waals surface area contributed by atoms with Gasteiger partial charge in [-0.25, -0.2) is 4.98 Å². The lowest BCUT2D eigenvalue weighted by atomic mass is 9.96. The van der Waals surface area contributed by atoms with E-state index in [0.29, 0.717) is 0 Å². The highest BCUT2D eigenvalue weighted by molar-refractivity contribution is 5.92. The number of fused-ring (bicyclic) bond motifs is 1. The van der Waals surface area contributed by atoms with Gasteiger partial charge in [-0.05, 0) is 67.8 Å². The third-order valence-corrected chi connectivity index (χ3v) is 6.28. The number of aromatic nitrogens is 2. The molecule has 1 amide bonds. The molecule has 2 aromatic carbocycles. The lowest BCUT2D eigenvalue weighted by molar-refractivity contribution is -0.121. The van der Waals surface area contributed by atoms with E-state index in [1.165, 1.54) is 11.1 Å². The third-order valence-electron chi connectivity index (χ3n) is 6.28. The maximum absolute atomic E-state index is 12.9. The molecule has 0 radical (unpaired) electrons. The zero-order valence-electron chi connectivity index (χ0n) is 17.9. The average Bonchev–Trinajstić information content (AvgIpc) is 3.43. The third kappa shape index (κ3) is 4.35. The molecule has 6 heteroatoms. The van der Waals surface area contributed by atoms with Gasteiger partial charge in [0.25, 0.3) is 0 Å². The molecule has 160 valence electrons. The number of amides is 1. The van der Waals surface area contributed by atoms with Crippen molar-refractivity contribution in [2.45, 2.75) is 32.7 Å². The minimum Gasteiger partial charge on any atom is -0.493 e. The number of hydrogen-bond donors (Lipinski definition) is 1. The molecule has 3 heterocycles. The standard InChI is InChI=1S/C25H28N4O2/c1-18-26-11-13-29(18)23-7-5-22(6-8-23)27-25(30)21-3-2-12-28(17-21)16-19-4-9-24-20(15-19)10-14-31-24/h4-9,11,13,15,21H,2-3,10,12,14,16-17H2,1H3,(H,27,30)/t21-/m1/s1. The summed E-state index contributed by atoms with van der Waals surface area (Å²) in [6, 6.07) is 14.4. The fraction of sp³-hybridized carbons (Fsp3) is 0.360. The van der Waals surface area contributed by atoms with E-state index in [9.17, 15) is 4.79 Å². The van der Waals surface area contributed by atoms with Crippen molar-refractivity contribution >= 4 is 11.6 Å². The van der Waals surface area contributed by atoms with Crippen molar-refractivity contribution in [1.82, 2.24) is 14.5 Å². The van der Waals surface area contributed by atoms with Gasteiger partial charge in [0.05, 0.1) is 12.5 Å². The smallest absolute Gasteiger partial charge is 0.228 e. The number of piperidine rings is 1. The van der Waals surface area contributed by atoms with Crippen LogP contribution in [0.4, 0.5) is 5.69 Å². The molecule has 1 aromatic heterocycles. The predicted molar refractivity (Wildman–Crippen MR) is 121 cm³/mol. The Morgan fingerprint density at radius 1 is 1.23 bits per heavy atom. The van der Waals surface area contributed by atoms with E-state index >= 15 is 0 Å². The SMILES string of the molecule is Cc1nccn1-c1ccc(NC(=O)[C@@H]2CCCN(Cc3ccc4c(c3)CCO4)C2)cc1. The summed E-state index contributed by atoms with van der Waals surface area (Å²) >= 11 is 0. The highest BCUT2D eigenvalue weighted by atomic mass is 16.5. The molecule has 0 saturated carbocycles. The first-order valence-electron chi connectivity index (χ1n) is 11.0. The quantitative estimate of drug-likeness (QED) is 0.684. The summed E-state index contributed by atoms with van der Waals surface area (Å²) in [6.07, 6.45) is 6.70. The molecule has 1 saturated heterocycles. The van der Waals surface area contributed by atoms with Gasteiger partial charge in [0.1, 0.15) is 11.6 Å². The van der Waals surface area contributed by atoms with Gasteiger partial charge in [0, 0.05) is 43.3 Å². The van der Waals surface area contributed by atoms with Gasteiger partial charge in [0.2, 0.25) is 5.91 Å². The van der Waals surface area contributed by atoms with Crippen molar-refractivity contribution in [2.75, 3.05) is 25.0 Å². The second kappa shape index (κ2) is 8.55. The van der Waals surface area contributed by atoms with E-state index < -0.39 is 0 Å². The highest BCUT2D eigenvalue weighted by Crippen LogP contribution is 2.27. The first-order chi connectivity index (χ1) is 15.2. The van der Waals surface area contributed by atoms with Gasteiger partial charge in [0.15, 0.2) is 0 Å². The summed E-state index contributed by atoms with van der Waals surface area (Å²) in [4.78, 5) is 19.6. The Hall–Kier alpha value is -3.12. The topological polar surface area (TPSA) is 59.4 Å². The molecule has 3 aromatic rings. The zero-order valence-corrected chi connectivity index (χ0v) is 17.9. The summed E-state index contributed by atoms with van der Waals surface area (Å²) in [5.41, 5.74) is 4.48. The van der Waals surface area contributed by atoms with Crippen molar-refractivity contribution in [3.05, 3.63) is 71.8 Å². The van der Waals surface area contributed by atoms with Gasteiger partial charge in [-0.2, -0.15) is 0 Å². The van der Waals surface area contributed by atoms with E-state index in [4.69, 9.17) is 4.74 Å². The molecule has 31 heavy (non-hydrogen) atoms. The number of imidazole rings is 1. The number of likely N-dealkylation sites (tertiary alicyclic amines) is 1. The van der Waals surface area contributed by atoms with E-state index in [1.54, 1.807) is 6.20 Å². The Morgan fingerprint density at radius 2 is 2.10 bits per heavy atom. The van der Waals surface area contributed by atoms with Crippen molar-refractivity contribution in [3.63, 3.8) is 0 Å². The van der Waals surface area contributed by atoms with Crippen molar-refractivity contribution in [3.8, 4) is 11.4 Å². The molecule has 0 spiro atoms. The largest absolute Gasteiger partial charge is 0.493 e. The van der Waals surface area contributed by atoms with E-state index in [-0.39, 0.29) is 11.8 Å². The lowest BCUT2D eigenvalue weighted by Crippen LogP contribution is -2.40. The van der Waals surface area contributed by atoms with Crippen molar-refractivity contribution < 1.29 is 9.53 Å². The monoisotopic (exact) mass is 416 g/mol. The summed E-state index contributed by atoms with van der Waals surface area (Å²) in [5.74, 6) is 2.09. The summed E-state index contributed by atoms with van der Waals surface area (Å²) < 4.78 is 7.64. The molecule has 5 rings (SSSR count). The molecule has 0 unspecified atom stereocenters. The molecule has 2 aliphatic heterocycles. The number of nitrogens with zero attached hydrogens (tertiary/aromatic N) is 3. The molecule has 0 bridgehead atoms. The van der Waals surface area contributed by atoms with Crippen LogP contribution in [0.2, 0.25) is 0 Å². The number of rotatable bonds is 5. The highest BCUT2D eigenvalue weighted by Gasteiger charge is 2.26. The first-order valence-corrected chi connectivity index (χ1v) is 11.0. The number of carbonyl (C=O) groups is 1. The van der Waals surface area contributed by atoms with E-state index in [1.807, 2.05) is 42.0 Å². The molecule has 1 N–H and O–H groups in total. The molecular formula is C25H28N4O2. The number of nitrogens with one attached hydrogen (secondary N) is 1. The van der Waals surface area contributed by atoms with Crippen LogP contribution in [-0.2, 0) is 17.8 Å². The Kier molecular flexibility index (Phi) is 5.47. The second-order valence-corrected chi connectivity index (χ2v) is 8.50. The number of ether oxygens (including phenoxy) is 1. The lowest BCUT2D eigenvalue weighted by Gasteiger charge is -2.32. The van der Waals surface area contributed by atoms with Crippen LogP contribution in [0.25, 0.3) is 5.69 Å². The van der Waals surface area contributed by atoms with Crippen molar-refractivity contribution in [1.29, 1.82) is 0 Å². The van der Waals surface area contributed by atoms with Crippen LogP contribution < -0.4 is 10.1 Å². The van der Waals surface area contributed by atoms with Gasteiger partial charge in [-0.15, -0.1) is 0 Å². The van der Waals surface area contributed by atoms with Crippen LogP contribution in [-0.4, -0.2) is 40.1 Å². The van der Waals surface area contributed by atoms with Gasteiger partial charge in [-0.3, -0.25) is 9.69 Å². The van der Waals surface area contributed by atoms with Gasteiger partial charge < -0.3 is 14.6 Å². The Balaban J connectivity index is 1.19.